The summed E-state index contributed by atoms with van der Waals surface area (Å²) in [4.78, 5) is 26.7. The lowest BCUT2D eigenvalue weighted by atomic mass is 10.1. The molecule has 3 heterocycles. The highest BCUT2D eigenvalue weighted by Crippen LogP contribution is 2.24. The molecule has 1 fully saturated rings. The number of carbonyl (C=O) groups is 1. The lowest BCUT2D eigenvalue weighted by molar-refractivity contribution is 0.102. The van der Waals surface area contributed by atoms with Crippen LogP contribution in [0.5, 0.6) is 0 Å². The summed E-state index contributed by atoms with van der Waals surface area (Å²) in [6.07, 6.45) is 7.44. The van der Waals surface area contributed by atoms with Gasteiger partial charge in [-0.3, -0.25) is 14.7 Å². The van der Waals surface area contributed by atoms with Crippen molar-refractivity contribution >= 4 is 60.5 Å². The number of anilines is 2. The van der Waals surface area contributed by atoms with Crippen LogP contribution in [-0.4, -0.2) is 65.4 Å². The number of aromatic nitrogens is 1. The van der Waals surface area contributed by atoms with Gasteiger partial charge in [-0.05, 0) is 67.1 Å². The second-order valence-electron chi connectivity index (χ2n) is 9.60. The molecule has 3 aromatic rings. The number of halogens is 3. The second kappa shape index (κ2) is 16.9. The van der Waals surface area contributed by atoms with E-state index in [1.54, 1.807) is 6.20 Å². The summed E-state index contributed by atoms with van der Waals surface area (Å²) in [5.74, 6) is 0.507. The van der Waals surface area contributed by atoms with E-state index in [1.165, 1.54) is 5.56 Å². The highest BCUT2D eigenvalue weighted by atomic mass is 35.5. The van der Waals surface area contributed by atoms with Crippen molar-refractivity contribution in [3.8, 4) is 0 Å². The van der Waals surface area contributed by atoms with Crippen LogP contribution in [0.1, 0.15) is 33.1 Å². The molecule has 41 heavy (non-hydrogen) atoms. The number of nitrogens with zero attached hydrogens (tertiary/aromatic N) is 4. The van der Waals surface area contributed by atoms with Crippen molar-refractivity contribution in [2.75, 3.05) is 43.9 Å². The zero-order valence-electron chi connectivity index (χ0n) is 23.0. The number of nitrogens with one attached hydrogen (secondary N) is 3. The molecule has 0 spiro atoms. The zero-order chi connectivity index (χ0) is 25.6. The largest absolute Gasteiger partial charge is 0.412 e. The summed E-state index contributed by atoms with van der Waals surface area (Å²) < 4.78 is 0. The molecule has 0 radical (unpaired) electrons. The Labute approximate surface area is 260 Å². The third-order valence-corrected chi connectivity index (χ3v) is 6.76. The first-order valence-corrected chi connectivity index (χ1v) is 12.6. The fourth-order valence-corrected chi connectivity index (χ4v) is 4.43. The SMILES string of the molecule is Cc1ccc(NC(=O)c2ccc(CN3CCN(C)CC3)cc2)cc1NC1=NC(c2cccnc2)C=CN1.Cl.Cl.Cl.O. The van der Waals surface area contributed by atoms with Crippen LogP contribution in [0.15, 0.2) is 84.3 Å². The molecule has 12 heteroatoms. The number of hydrogen-bond acceptors (Lipinski definition) is 7. The molecule has 1 aromatic heterocycles. The maximum atomic E-state index is 12.9. The molecule has 0 aliphatic carbocycles. The van der Waals surface area contributed by atoms with E-state index in [0.29, 0.717) is 11.5 Å². The first-order valence-electron chi connectivity index (χ1n) is 12.6. The number of guanidine groups is 1. The zero-order valence-corrected chi connectivity index (χ0v) is 25.5. The number of hydrogen-bond donors (Lipinski definition) is 3. The van der Waals surface area contributed by atoms with E-state index < -0.39 is 0 Å². The Morgan fingerprint density at radius 2 is 1.76 bits per heavy atom. The maximum absolute atomic E-state index is 12.9. The third kappa shape index (κ3) is 9.71. The van der Waals surface area contributed by atoms with Crippen molar-refractivity contribution in [3.63, 3.8) is 0 Å². The average Bonchev–Trinajstić information content (AvgIpc) is 2.93. The molecule has 1 amide bonds. The standard InChI is InChI=1S/C29H33N7O.3ClH.H2O/c1-21-5-10-25(18-27(21)34-29-31-13-11-26(33-29)24-4-3-12-30-19-24)32-28(37)23-8-6-22(7-9-23)20-36-16-14-35(2)15-17-36;;;;/h3-13,18-19,26H,14-17,20H2,1-2H3,(H,32,37)(H2,31,33,34);3*1H;1H2. The number of rotatable bonds is 6. The average molecular weight is 623 g/mol. The molecule has 1 atom stereocenters. The Morgan fingerprint density at radius 1 is 1.02 bits per heavy atom. The van der Waals surface area contributed by atoms with Crippen LogP contribution in [-0.2, 0) is 6.54 Å². The Kier molecular flexibility index (Phi) is 14.8. The van der Waals surface area contributed by atoms with E-state index in [9.17, 15) is 4.79 Å². The first-order chi connectivity index (χ1) is 18.0. The van der Waals surface area contributed by atoms with Crippen molar-refractivity contribution in [1.82, 2.24) is 20.1 Å². The molecule has 1 unspecified atom stereocenters. The van der Waals surface area contributed by atoms with E-state index in [0.717, 1.165) is 55.2 Å². The van der Waals surface area contributed by atoms with Gasteiger partial charge in [0, 0.05) is 68.3 Å². The van der Waals surface area contributed by atoms with Gasteiger partial charge in [-0.15, -0.1) is 37.2 Å². The minimum atomic E-state index is -0.131. The van der Waals surface area contributed by atoms with Crippen LogP contribution in [0.25, 0.3) is 0 Å². The van der Waals surface area contributed by atoms with Crippen molar-refractivity contribution in [1.29, 1.82) is 0 Å². The van der Waals surface area contributed by atoms with E-state index in [2.05, 4.69) is 49.9 Å². The third-order valence-electron chi connectivity index (χ3n) is 6.76. The minimum absolute atomic E-state index is 0. The normalized spacial score (nSPS) is 16.3. The monoisotopic (exact) mass is 621 g/mol. The van der Waals surface area contributed by atoms with Gasteiger partial charge in [-0.2, -0.15) is 0 Å². The van der Waals surface area contributed by atoms with Gasteiger partial charge in [-0.25, -0.2) is 4.99 Å². The van der Waals surface area contributed by atoms with Gasteiger partial charge in [0.15, 0.2) is 0 Å². The van der Waals surface area contributed by atoms with Crippen molar-refractivity contribution in [2.24, 2.45) is 4.99 Å². The quantitative estimate of drug-likeness (QED) is 0.374. The Balaban J connectivity index is 0.00000210. The van der Waals surface area contributed by atoms with Crippen LogP contribution >= 0.6 is 37.2 Å². The lowest BCUT2D eigenvalue weighted by Gasteiger charge is -2.32. The van der Waals surface area contributed by atoms with Gasteiger partial charge in [-0.1, -0.05) is 24.3 Å². The van der Waals surface area contributed by atoms with E-state index >= 15 is 0 Å². The lowest BCUT2D eigenvalue weighted by Crippen LogP contribution is -2.43. The second-order valence-corrected chi connectivity index (χ2v) is 9.60. The predicted molar refractivity (Wildman–Crippen MR) is 174 cm³/mol. The number of amides is 1. The van der Waals surface area contributed by atoms with Crippen LogP contribution in [0.4, 0.5) is 11.4 Å². The van der Waals surface area contributed by atoms with Crippen LogP contribution in [0, 0.1) is 6.92 Å². The molecule has 9 nitrogen and oxygen atoms in total. The molecule has 222 valence electrons. The van der Waals surface area contributed by atoms with Gasteiger partial charge in [0.05, 0.1) is 0 Å². The van der Waals surface area contributed by atoms with Crippen molar-refractivity contribution < 1.29 is 10.3 Å². The molecule has 2 aliphatic heterocycles. The number of aliphatic imine (C=N–C) groups is 1. The molecule has 1 saturated heterocycles. The molecule has 5 N–H and O–H groups in total. The highest BCUT2D eigenvalue weighted by molar-refractivity contribution is 6.05. The summed E-state index contributed by atoms with van der Waals surface area (Å²) in [7, 11) is 2.16. The van der Waals surface area contributed by atoms with Gasteiger partial charge in [0.2, 0.25) is 5.96 Å². The summed E-state index contributed by atoms with van der Waals surface area (Å²) >= 11 is 0. The molecular weight excluding hydrogens is 585 g/mol. The number of carbonyl (C=O) groups excluding carboxylic acids is 1. The Bertz CT molecular complexity index is 1300. The Morgan fingerprint density at radius 3 is 2.44 bits per heavy atom. The number of likely N-dealkylation sites (N-methyl/N-ethyl adjacent to an activating group) is 1. The van der Waals surface area contributed by atoms with E-state index in [-0.39, 0.29) is 54.6 Å². The van der Waals surface area contributed by atoms with Gasteiger partial charge in [0.25, 0.3) is 5.91 Å². The highest BCUT2D eigenvalue weighted by Gasteiger charge is 2.15. The molecule has 0 saturated carbocycles. The maximum Gasteiger partial charge on any atom is 0.255 e. The van der Waals surface area contributed by atoms with Gasteiger partial charge >= 0.3 is 0 Å². The molecule has 0 bridgehead atoms. The van der Waals surface area contributed by atoms with Gasteiger partial charge < -0.3 is 26.3 Å². The van der Waals surface area contributed by atoms with Crippen LogP contribution < -0.4 is 16.0 Å². The number of aryl methyl sites for hydroxylation is 1. The number of benzene rings is 2. The fraction of sp³-hybridized carbons (Fsp3) is 0.276. The van der Waals surface area contributed by atoms with Crippen molar-refractivity contribution in [2.45, 2.75) is 19.5 Å². The summed E-state index contributed by atoms with van der Waals surface area (Å²) in [6, 6.07) is 17.5. The number of pyridine rings is 1. The van der Waals surface area contributed by atoms with Crippen LogP contribution in [0.3, 0.4) is 0 Å². The van der Waals surface area contributed by atoms with E-state index in [4.69, 9.17) is 4.99 Å². The summed E-state index contributed by atoms with van der Waals surface area (Å²) in [6.45, 7) is 7.27. The van der Waals surface area contributed by atoms with Crippen LogP contribution in [0.2, 0.25) is 0 Å². The summed E-state index contributed by atoms with van der Waals surface area (Å²) in [5, 5.41) is 9.55. The number of piperazine rings is 1. The fourth-order valence-electron chi connectivity index (χ4n) is 4.43. The topological polar surface area (TPSA) is 116 Å². The van der Waals surface area contributed by atoms with Crippen molar-refractivity contribution in [3.05, 3.63) is 102 Å². The Hall–Kier alpha value is -3.18. The molecule has 2 aliphatic rings. The van der Waals surface area contributed by atoms with Gasteiger partial charge in [0.1, 0.15) is 6.04 Å². The first kappa shape index (κ1) is 35.8. The molecule has 5 rings (SSSR count). The smallest absolute Gasteiger partial charge is 0.255 e. The predicted octanol–water partition coefficient (Wildman–Crippen LogP) is 4.46. The molecule has 2 aromatic carbocycles. The molecular formula is C29H38Cl3N7O2. The minimum Gasteiger partial charge on any atom is -0.412 e. The summed E-state index contributed by atoms with van der Waals surface area (Å²) in [5.41, 5.74) is 5.51. The van der Waals surface area contributed by atoms with E-state index in [1.807, 2.05) is 67.9 Å².